The average Bonchev–Trinajstić information content (AvgIpc) is 3.29. The Labute approximate surface area is 199 Å². The summed E-state index contributed by atoms with van der Waals surface area (Å²) in [5, 5.41) is 9.73. The Kier molecular flexibility index (Phi) is 8.13. The van der Waals surface area contributed by atoms with Crippen LogP contribution >= 0.6 is 12.4 Å². The van der Waals surface area contributed by atoms with E-state index in [0.29, 0.717) is 13.1 Å². The Hall–Kier alpha value is -2.74. The second-order valence-corrected chi connectivity index (χ2v) is 9.05. The van der Waals surface area contributed by atoms with Crippen molar-refractivity contribution in [3.63, 3.8) is 0 Å². The molecule has 0 aliphatic carbocycles. The van der Waals surface area contributed by atoms with Crippen molar-refractivity contribution in [1.29, 1.82) is 0 Å². The lowest BCUT2D eigenvalue weighted by Gasteiger charge is -2.33. The van der Waals surface area contributed by atoms with Crippen LogP contribution in [0.2, 0.25) is 0 Å². The van der Waals surface area contributed by atoms with Crippen LogP contribution in [-0.2, 0) is 16.8 Å². The van der Waals surface area contributed by atoms with Crippen molar-refractivity contribution in [3.05, 3.63) is 65.6 Å². The predicted molar refractivity (Wildman–Crippen MR) is 118 cm³/mol. The molecule has 1 aliphatic rings. The smallest absolute Gasteiger partial charge is 0.314 e. The van der Waals surface area contributed by atoms with Gasteiger partial charge in [0.05, 0.1) is 12.2 Å². The van der Waals surface area contributed by atoms with Gasteiger partial charge in [0.25, 0.3) is 5.89 Å². The Morgan fingerprint density at radius 3 is 2.44 bits per heavy atom. The first-order valence-corrected chi connectivity index (χ1v) is 11.3. The number of halogens is 5. The summed E-state index contributed by atoms with van der Waals surface area (Å²) >= 11 is 0. The molecule has 8 nitrogen and oxygen atoms in total. The summed E-state index contributed by atoms with van der Waals surface area (Å²) in [5.74, 6) is -2.66. The van der Waals surface area contributed by atoms with Gasteiger partial charge in [0, 0.05) is 37.3 Å². The molecule has 0 amide bonds. The zero-order valence-corrected chi connectivity index (χ0v) is 19.1. The number of piperazine rings is 1. The van der Waals surface area contributed by atoms with Crippen LogP contribution in [0.15, 0.2) is 46.9 Å². The van der Waals surface area contributed by atoms with Crippen molar-refractivity contribution >= 4 is 28.3 Å². The van der Waals surface area contributed by atoms with E-state index in [1.165, 1.54) is 34.6 Å². The molecule has 0 unspecified atom stereocenters. The van der Waals surface area contributed by atoms with Crippen LogP contribution in [0, 0.1) is 11.6 Å². The molecule has 3 aromatic rings. The quantitative estimate of drug-likeness (QED) is 0.478. The molecule has 2 heterocycles. The van der Waals surface area contributed by atoms with E-state index in [1.54, 1.807) is 0 Å². The van der Waals surface area contributed by atoms with E-state index in [9.17, 15) is 26.0 Å². The first kappa shape index (κ1) is 25.9. The van der Waals surface area contributed by atoms with Gasteiger partial charge in [-0.25, -0.2) is 8.78 Å². The van der Waals surface area contributed by atoms with Gasteiger partial charge in [0.15, 0.2) is 0 Å². The van der Waals surface area contributed by atoms with E-state index in [0.717, 1.165) is 16.4 Å². The van der Waals surface area contributed by atoms with Crippen LogP contribution in [0.4, 0.5) is 23.2 Å². The number of nitrogens with zero attached hydrogens (tertiary/aromatic N) is 4. The molecule has 0 spiro atoms. The zero-order valence-electron chi connectivity index (χ0n) is 17.5. The Morgan fingerprint density at radius 2 is 1.82 bits per heavy atom. The van der Waals surface area contributed by atoms with Crippen LogP contribution in [0.1, 0.15) is 17.9 Å². The Bertz CT molecular complexity index is 1240. The molecule has 1 aromatic heterocycles. The summed E-state index contributed by atoms with van der Waals surface area (Å²) in [5.41, 5.74) is 0.0729. The van der Waals surface area contributed by atoms with Crippen molar-refractivity contribution in [2.45, 2.75) is 13.0 Å². The molecule has 0 atom stereocenters. The summed E-state index contributed by atoms with van der Waals surface area (Å²) in [4.78, 5) is 0. The van der Waals surface area contributed by atoms with Gasteiger partial charge in [-0.3, -0.25) is 4.31 Å². The fourth-order valence-electron chi connectivity index (χ4n) is 3.35. The number of rotatable bonds is 7. The number of nitrogens with one attached hydrogen (secondary N) is 1. The number of hydrogen-bond acceptors (Lipinski definition) is 6. The summed E-state index contributed by atoms with van der Waals surface area (Å²) < 4.78 is 87.8. The zero-order chi connectivity index (χ0) is 23.6. The molecule has 1 fully saturated rings. The standard InChI is InChI=1S/C20H19F4N5O3S.ClH/c21-15-2-1-3-16(11-15)29(33(30,31)28-8-6-25-7-9-28)12-14-5-4-13(10-17(14)22)19-26-27-20(32-19)18(23)24;/h1-5,10-11,18,25H,6-9,12H2;1H. The van der Waals surface area contributed by atoms with Crippen molar-refractivity contribution in [2.24, 2.45) is 0 Å². The minimum absolute atomic E-state index is 0. The highest BCUT2D eigenvalue weighted by Gasteiger charge is 2.32. The third-order valence-corrected chi connectivity index (χ3v) is 6.93. The van der Waals surface area contributed by atoms with Crippen LogP contribution in [-0.4, -0.2) is 49.1 Å². The van der Waals surface area contributed by atoms with Gasteiger partial charge >= 0.3 is 16.6 Å². The molecule has 2 aromatic carbocycles. The highest BCUT2D eigenvalue weighted by Crippen LogP contribution is 2.28. The highest BCUT2D eigenvalue weighted by atomic mass is 35.5. The number of hydrogen-bond donors (Lipinski definition) is 1. The maximum Gasteiger partial charge on any atom is 0.314 e. The maximum absolute atomic E-state index is 14.9. The Morgan fingerprint density at radius 1 is 1.09 bits per heavy atom. The predicted octanol–water partition coefficient (Wildman–Crippen LogP) is 3.53. The third kappa shape index (κ3) is 5.49. The number of benzene rings is 2. The van der Waals surface area contributed by atoms with Crippen molar-refractivity contribution in [3.8, 4) is 11.5 Å². The topological polar surface area (TPSA) is 91.6 Å². The third-order valence-electron chi connectivity index (χ3n) is 5.02. The van der Waals surface area contributed by atoms with Crippen molar-refractivity contribution in [2.75, 3.05) is 30.5 Å². The van der Waals surface area contributed by atoms with Crippen LogP contribution in [0.5, 0.6) is 0 Å². The summed E-state index contributed by atoms with van der Waals surface area (Å²) in [6.45, 7) is 0.889. The highest BCUT2D eigenvalue weighted by molar-refractivity contribution is 7.90. The lowest BCUT2D eigenvalue weighted by atomic mass is 10.1. The first-order valence-electron chi connectivity index (χ1n) is 9.90. The lowest BCUT2D eigenvalue weighted by molar-refractivity contribution is 0.116. The lowest BCUT2D eigenvalue weighted by Crippen LogP contribution is -2.51. The van der Waals surface area contributed by atoms with Crippen molar-refractivity contribution in [1.82, 2.24) is 19.8 Å². The first-order chi connectivity index (χ1) is 15.8. The fraction of sp³-hybridized carbons (Fsp3) is 0.300. The normalized spacial score (nSPS) is 14.7. The Balaban J connectivity index is 0.00000324. The van der Waals surface area contributed by atoms with Gasteiger partial charge in [0.1, 0.15) is 11.6 Å². The van der Waals surface area contributed by atoms with Crippen LogP contribution in [0.25, 0.3) is 11.5 Å². The molecular weight excluding hydrogens is 502 g/mol. The van der Waals surface area contributed by atoms with Crippen LogP contribution < -0.4 is 9.62 Å². The average molecular weight is 522 g/mol. The molecule has 4 rings (SSSR count). The molecule has 1 saturated heterocycles. The second-order valence-electron chi connectivity index (χ2n) is 7.20. The van der Waals surface area contributed by atoms with Gasteiger partial charge < -0.3 is 9.73 Å². The van der Waals surface area contributed by atoms with Crippen LogP contribution in [0.3, 0.4) is 0 Å². The minimum atomic E-state index is -4.11. The summed E-state index contributed by atoms with van der Waals surface area (Å²) in [6, 6.07) is 8.63. The molecule has 0 saturated carbocycles. The van der Waals surface area contributed by atoms with E-state index in [-0.39, 0.29) is 48.2 Å². The van der Waals surface area contributed by atoms with Gasteiger partial charge in [-0.05, 0) is 30.3 Å². The summed E-state index contributed by atoms with van der Waals surface area (Å²) in [7, 11) is -4.11. The number of anilines is 1. The largest absolute Gasteiger partial charge is 0.415 e. The molecule has 14 heteroatoms. The number of aromatic nitrogens is 2. The maximum atomic E-state index is 14.9. The van der Waals surface area contributed by atoms with Gasteiger partial charge in [0.2, 0.25) is 5.89 Å². The monoisotopic (exact) mass is 521 g/mol. The van der Waals surface area contributed by atoms with E-state index >= 15 is 0 Å². The second kappa shape index (κ2) is 10.7. The number of alkyl halides is 2. The minimum Gasteiger partial charge on any atom is -0.415 e. The van der Waals surface area contributed by atoms with Gasteiger partial charge in [-0.2, -0.15) is 21.5 Å². The van der Waals surface area contributed by atoms with Gasteiger partial charge in [-0.15, -0.1) is 22.6 Å². The molecule has 0 radical (unpaired) electrons. The molecule has 0 bridgehead atoms. The SMILES string of the molecule is Cl.O=S(=O)(N1CCNCC1)N(Cc1ccc(-c2nnc(C(F)F)o2)cc1F)c1cccc(F)c1. The summed E-state index contributed by atoms with van der Waals surface area (Å²) in [6.07, 6.45) is -2.97. The molecule has 184 valence electrons. The van der Waals surface area contributed by atoms with E-state index in [1.807, 2.05) is 0 Å². The molecule has 1 aliphatic heterocycles. The fourth-order valence-corrected chi connectivity index (χ4v) is 4.96. The van der Waals surface area contributed by atoms with E-state index in [4.69, 9.17) is 4.42 Å². The van der Waals surface area contributed by atoms with E-state index < -0.39 is 40.7 Å². The molecule has 34 heavy (non-hydrogen) atoms. The molecule has 1 N–H and O–H groups in total. The van der Waals surface area contributed by atoms with Gasteiger partial charge in [-0.1, -0.05) is 12.1 Å². The molecular formula is C20H20ClF4N5O3S. The van der Waals surface area contributed by atoms with Crippen molar-refractivity contribution < 1.29 is 30.4 Å². The van der Waals surface area contributed by atoms with E-state index in [2.05, 4.69) is 15.5 Å².